The van der Waals surface area contributed by atoms with E-state index in [2.05, 4.69) is 18.0 Å². The lowest BCUT2D eigenvalue weighted by atomic mass is 10.1. The zero-order valence-electron chi connectivity index (χ0n) is 9.55. The first-order chi connectivity index (χ1) is 8.24. The first kappa shape index (κ1) is 11.8. The van der Waals surface area contributed by atoms with Crippen molar-refractivity contribution < 1.29 is 0 Å². The molecule has 2 aromatic rings. The summed E-state index contributed by atoms with van der Waals surface area (Å²) in [5.74, 6) is 0.285. The molecular formula is C13H13N3S. The summed E-state index contributed by atoms with van der Waals surface area (Å²) in [5, 5.41) is 11.9. The van der Waals surface area contributed by atoms with Crippen molar-refractivity contribution in [2.75, 3.05) is 6.54 Å². The number of hydrogen-bond donors (Lipinski definition) is 1. The van der Waals surface area contributed by atoms with Gasteiger partial charge < -0.3 is 5.73 Å². The molecule has 86 valence electrons. The van der Waals surface area contributed by atoms with E-state index in [1.807, 2.05) is 23.6 Å². The predicted molar refractivity (Wildman–Crippen MR) is 69.7 cm³/mol. The summed E-state index contributed by atoms with van der Waals surface area (Å²) < 4.78 is 0. The molecule has 0 saturated carbocycles. The molecule has 0 aliphatic rings. The van der Waals surface area contributed by atoms with Gasteiger partial charge in [0, 0.05) is 23.4 Å². The summed E-state index contributed by atoms with van der Waals surface area (Å²) in [7, 11) is 0. The highest BCUT2D eigenvalue weighted by Gasteiger charge is 2.10. The van der Waals surface area contributed by atoms with E-state index in [9.17, 15) is 0 Å². The topological polar surface area (TPSA) is 62.7 Å². The molecule has 3 nitrogen and oxygen atoms in total. The highest BCUT2D eigenvalue weighted by molar-refractivity contribution is 7.10. The third-order valence-corrected chi connectivity index (χ3v) is 3.66. The van der Waals surface area contributed by atoms with Gasteiger partial charge in [-0.25, -0.2) is 4.98 Å². The van der Waals surface area contributed by atoms with Crippen molar-refractivity contribution in [2.45, 2.75) is 12.8 Å². The van der Waals surface area contributed by atoms with Crippen LogP contribution in [0.15, 0.2) is 29.6 Å². The van der Waals surface area contributed by atoms with Crippen LogP contribution in [0.25, 0.3) is 11.3 Å². The van der Waals surface area contributed by atoms with Crippen LogP contribution in [0.3, 0.4) is 0 Å². The molecule has 0 amide bonds. The minimum atomic E-state index is 0.285. The number of nitriles is 1. The molecule has 1 atom stereocenters. The zero-order chi connectivity index (χ0) is 12.3. The van der Waals surface area contributed by atoms with Gasteiger partial charge >= 0.3 is 0 Å². The zero-order valence-corrected chi connectivity index (χ0v) is 10.4. The van der Waals surface area contributed by atoms with Crippen LogP contribution in [0.4, 0.5) is 0 Å². The fourth-order valence-corrected chi connectivity index (χ4v) is 2.40. The van der Waals surface area contributed by atoms with Crippen molar-refractivity contribution in [3.05, 3.63) is 40.2 Å². The molecular weight excluding hydrogens is 230 g/mol. The maximum Gasteiger partial charge on any atom is 0.0991 e. The number of nitrogens with zero attached hydrogens (tertiary/aromatic N) is 2. The predicted octanol–water partition coefficient (Wildman–Crippen LogP) is 2.74. The van der Waals surface area contributed by atoms with Crippen LogP contribution in [0.2, 0.25) is 0 Å². The summed E-state index contributed by atoms with van der Waals surface area (Å²) in [6, 6.07) is 9.62. The van der Waals surface area contributed by atoms with Crippen molar-refractivity contribution >= 4 is 11.3 Å². The van der Waals surface area contributed by atoms with Gasteiger partial charge in [0.1, 0.15) is 0 Å². The normalized spacial score (nSPS) is 12.1. The number of nitrogens with two attached hydrogens (primary N) is 1. The smallest absolute Gasteiger partial charge is 0.0991 e. The van der Waals surface area contributed by atoms with Crippen molar-refractivity contribution in [2.24, 2.45) is 5.73 Å². The van der Waals surface area contributed by atoms with Crippen LogP contribution < -0.4 is 5.73 Å². The Morgan fingerprint density at radius 3 is 3.06 bits per heavy atom. The maximum absolute atomic E-state index is 8.86. The van der Waals surface area contributed by atoms with E-state index in [0.29, 0.717) is 12.1 Å². The molecule has 0 aliphatic heterocycles. The van der Waals surface area contributed by atoms with Crippen LogP contribution in [-0.4, -0.2) is 11.5 Å². The third kappa shape index (κ3) is 2.52. The van der Waals surface area contributed by atoms with Gasteiger partial charge in [-0.15, -0.1) is 11.3 Å². The highest BCUT2D eigenvalue weighted by Crippen LogP contribution is 2.26. The van der Waals surface area contributed by atoms with Gasteiger partial charge in [-0.1, -0.05) is 19.1 Å². The summed E-state index contributed by atoms with van der Waals surface area (Å²) in [4.78, 5) is 4.56. The van der Waals surface area contributed by atoms with Gasteiger partial charge in [0.05, 0.1) is 22.3 Å². The molecule has 0 bridgehead atoms. The number of aromatic nitrogens is 1. The number of thiazole rings is 1. The minimum absolute atomic E-state index is 0.285. The van der Waals surface area contributed by atoms with Gasteiger partial charge in [-0.05, 0) is 12.1 Å². The molecule has 4 heteroatoms. The summed E-state index contributed by atoms with van der Waals surface area (Å²) in [6.45, 7) is 2.67. The van der Waals surface area contributed by atoms with Gasteiger partial charge in [0.15, 0.2) is 0 Å². The number of rotatable bonds is 3. The van der Waals surface area contributed by atoms with E-state index in [0.717, 1.165) is 16.3 Å². The second-order valence-corrected chi connectivity index (χ2v) is 4.79. The Morgan fingerprint density at radius 1 is 1.53 bits per heavy atom. The van der Waals surface area contributed by atoms with Gasteiger partial charge in [0.2, 0.25) is 0 Å². The summed E-state index contributed by atoms with van der Waals surface area (Å²) >= 11 is 1.62. The van der Waals surface area contributed by atoms with Crippen LogP contribution in [0, 0.1) is 11.3 Å². The Labute approximate surface area is 105 Å². The lowest BCUT2D eigenvalue weighted by molar-refractivity contribution is 0.766. The molecule has 0 fully saturated rings. The number of benzene rings is 1. The van der Waals surface area contributed by atoms with E-state index >= 15 is 0 Å². The standard InChI is InChI=1S/C13H13N3S/c1-9(6-14)13-16-12(8-17-13)11-4-2-3-10(5-11)7-15/h2-5,8-9H,6,14H2,1H3. The molecule has 1 heterocycles. The van der Waals surface area contributed by atoms with Crippen LogP contribution >= 0.6 is 11.3 Å². The molecule has 1 aromatic carbocycles. The Bertz CT molecular complexity index is 554. The molecule has 17 heavy (non-hydrogen) atoms. The molecule has 0 spiro atoms. The summed E-state index contributed by atoms with van der Waals surface area (Å²) in [6.07, 6.45) is 0. The van der Waals surface area contributed by atoms with E-state index in [4.69, 9.17) is 11.0 Å². The van der Waals surface area contributed by atoms with E-state index in [1.165, 1.54) is 0 Å². The van der Waals surface area contributed by atoms with Crippen molar-refractivity contribution in [3.63, 3.8) is 0 Å². The van der Waals surface area contributed by atoms with Gasteiger partial charge in [-0.2, -0.15) is 5.26 Å². The molecule has 1 aromatic heterocycles. The van der Waals surface area contributed by atoms with Crippen molar-refractivity contribution in [1.29, 1.82) is 5.26 Å². The van der Waals surface area contributed by atoms with E-state index in [1.54, 1.807) is 17.4 Å². The largest absolute Gasteiger partial charge is 0.330 e. The van der Waals surface area contributed by atoms with E-state index < -0.39 is 0 Å². The molecule has 2 rings (SSSR count). The number of hydrogen-bond acceptors (Lipinski definition) is 4. The SMILES string of the molecule is CC(CN)c1nc(-c2cccc(C#N)c2)cs1. The Hall–Kier alpha value is -1.70. The quantitative estimate of drug-likeness (QED) is 0.901. The average Bonchev–Trinajstić information content (AvgIpc) is 2.87. The molecule has 2 N–H and O–H groups in total. The second kappa shape index (κ2) is 5.09. The highest BCUT2D eigenvalue weighted by atomic mass is 32.1. The Kier molecular flexibility index (Phi) is 3.52. The van der Waals surface area contributed by atoms with Crippen LogP contribution in [0.5, 0.6) is 0 Å². The minimum Gasteiger partial charge on any atom is -0.330 e. The Morgan fingerprint density at radius 2 is 2.35 bits per heavy atom. The lowest BCUT2D eigenvalue weighted by Crippen LogP contribution is -2.08. The Balaban J connectivity index is 2.34. The first-order valence-electron chi connectivity index (χ1n) is 5.40. The average molecular weight is 243 g/mol. The van der Waals surface area contributed by atoms with Gasteiger partial charge in [0.25, 0.3) is 0 Å². The van der Waals surface area contributed by atoms with Crippen molar-refractivity contribution in [3.8, 4) is 17.3 Å². The van der Waals surface area contributed by atoms with Crippen LogP contribution in [-0.2, 0) is 0 Å². The third-order valence-electron chi connectivity index (χ3n) is 2.58. The first-order valence-corrected chi connectivity index (χ1v) is 6.28. The summed E-state index contributed by atoms with van der Waals surface area (Å²) in [5.41, 5.74) is 8.18. The molecule has 1 unspecified atom stereocenters. The van der Waals surface area contributed by atoms with Gasteiger partial charge in [-0.3, -0.25) is 0 Å². The maximum atomic E-state index is 8.86. The van der Waals surface area contributed by atoms with Crippen molar-refractivity contribution in [1.82, 2.24) is 4.98 Å². The fourth-order valence-electron chi connectivity index (χ4n) is 1.50. The monoisotopic (exact) mass is 243 g/mol. The molecule has 0 saturated heterocycles. The lowest BCUT2D eigenvalue weighted by Gasteiger charge is -2.02. The van der Waals surface area contributed by atoms with E-state index in [-0.39, 0.29) is 5.92 Å². The van der Waals surface area contributed by atoms with Crippen LogP contribution in [0.1, 0.15) is 23.4 Å². The fraction of sp³-hybridized carbons (Fsp3) is 0.231. The molecule has 0 aliphatic carbocycles. The second-order valence-electron chi connectivity index (χ2n) is 3.90. The molecule has 0 radical (unpaired) electrons.